The molecule has 158 valence electrons. The molecule has 7 nitrogen and oxygen atoms in total. The minimum Gasteiger partial charge on any atom is -0.345 e. The Hall–Kier alpha value is -1.61. The van der Waals surface area contributed by atoms with Gasteiger partial charge in [-0.2, -0.15) is 9.40 Å². The van der Waals surface area contributed by atoms with Crippen LogP contribution in [0.2, 0.25) is 10.0 Å². The van der Waals surface area contributed by atoms with Crippen LogP contribution in [-0.2, 0) is 17.1 Å². The van der Waals surface area contributed by atoms with E-state index in [1.54, 1.807) is 10.9 Å². The second kappa shape index (κ2) is 8.63. The van der Waals surface area contributed by atoms with Crippen LogP contribution in [0.15, 0.2) is 23.2 Å². The Balaban J connectivity index is 1.90. The third-order valence-electron chi connectivity index (χ3n) is 5.29. The van der Waals surface area contributed by atoms with Crippen LogP contribution in [-0.4, -0.2) is 41.5 Å². The largest absolute Gasteiger partial charge is 0.345 e. The number of halogens is 2. The number of nitrogens with one attached hydrogen (secondary N) is 1. The van der Waals surface area contributed by atoms with E-state index in [-0.39, 0.29) is 26.5 Å². The van der Waals surface area contributed by atoms with Crippen molar-refractivity contribution >= 4 is 39.1 Å². The van der Waals surface area contributed by atoms with Crippen molar-refractivity contribution in [2.75, 3.05) is 13.1 Å². The number of nitrogens with zero attached hydrogens (tertiary/aromatic N) is 3. The van der Waals surface area contributed by atoms with Gasteiger partial charge in [0.25, 0.3) is 5.91 Å². The number of sulfonamides is 1. The van der Waals surface area contributed by atoms with Crippen LogP contribution in [0.5, 0.6) is 0 Å². The molecule has 1 aromatic heterocycles. The Labute approximate surface area is 181 Å². The summed E-state index contributed by atoms with van der Waals surface area (Å²) in [4.78, 5) is 12.8. The summed E-state index contributed by atoms with van der Waals surface area (Å²) in [5.41, 5.74) is 1.86. The normalized spacial score (nSPS) is 16.6. The van der Waals surface area contributed by atoms with Crippen molar-refractivity contribution < 1.29 is 13.2 Å². The lowest BCUT2D eigenvalue weighted by atomic mass is 10.1. The zero-order valence-electron chi connectivity index (χ0n) is 16.6. The van der Waals surface area contributed by atoms with Crippen molar-refractivity contribution in [3.05, 3.63) is 45.2 Å². The van der Waals surface area contributed by atoms with Crippen molar-refractivity contribution in [1.82, 2.24) is 19.4 Å². The summed E-state index contributed by atoms with van der Waals surface area (Å²) in [6.07, 6.45) is 4.30. The first kappa shape index (κ1) is 22.1. The quantitative estimate of drug-likeness (QED) is 0.739. The molecule has 1 saturated heterocycles. The predicted octanol–water partition coefficient (Wildman–Crippen LogP) is 3.70. The molecule has 1 amide bonds. The molecule has 2 heterocycles. The molecular weight excluding hydrogens is 435 g/mol. The van der Waals surface area contributed by atoms with Gasteiger partial charge in [0, 0.05) is 31.4 Å². The van der Waals surface area contributed by atoms with E-state index in [1.807, 2.05) is 20.9 Å². The molecule has 0 bridgehead atoms. The number of hydrogen-bond donors (Lipinski definition) is 1. The van der Waals surface area contributed by atoms with Crippen LogP contribution >= 0.6 is 23.2 Å². The van der Waals surface area contributed by atoms with Crippen LogP contribution in [0.4, 0.5) is 0 Å². The number of carbonyl (C=O) groups is 1. The van der Waals surface area contributed by atoms with Crippen LogP contribution in [0.25, 0.3) is 0 Å². The third kappa shape index (κ3) is 4.45. The van der Waals surface area contributed by atoms with Crippen LogP contribution < -0.4 is 5.32 Å². The summed E-state index contributed by atoms with van der Waals surface area (Å²) in [7, 11) is -1.98. The number of hydrogen-bond acceptors (Lipinski definition) is 4. The topological polar surface area (TPSA) is 84.3 Å². The van der Waals surface area contributed by atoms with E-state index in [4.69, 9.17) is 23.2 Å². The Morgan fingerprint density at radius 1 is 1.17 bits per heavy atom. The van der Waals surface area contributed by atoms with E-state index in [2.05, 4.69) is 10.4 Å². The fourth-order valence-corrected chi connectivity index (χ4v) is 5.79. The highest BCUT2D eigenvalue weighted by molar-refractivity contribution is 7.89. The van der Waals surface area contributed by atoms with E-state index < -0.39 is 15.9 Å². The van der Waals surface area contributed by atoms with E-state index >= 15 is 0 Å². The fraction of sp³-hybridized carbons (Fsp3) is 0.474. The van der Waals surface area contributed by atoms with Crippen LogP contribution in [0, 0.1) is 6.92 Å². The Bertz CT molecular complexity index is 1030. The van der Waals surface area contributed by atoms with Crippen molar-refractivity contribution in [3.63, 3.8) is 0 Å². The molecule has 0 aliphatic carbocycles. The maximum Gasteiger partial charge on any atom is 0.253 e. The van der Waals surface area contributed by atoms with Gasteiger partial charge >= 0.3 is 0 Å². The van der Waals surface area contributed by atoms with Gasteiger partial charge in [0.15, 0.2) is 0 Å². The molecule has 1 aromatic carbocycles. The minimum absolute atomic E-state index is 0.00766. The maximum absolute atomic E-state index is 13.0. The van der Waals surface area contributed by atoms with Gasteiger partial charge in [-0.3, -0.25) is 9.48 Å². The van der Waals surface area contributed by atoms with Gasteiger partial charge in [-0.05, 0) is 38.8 Å². The molecule has 1 N–H and O–H groups in total. The highest BCUT2D eigenvalue weighted by Crippen LogP contribution is 2.32. The Morgan fingerprint density at radius 3 is 2.41 bits per heavy atom. The second-order valence-corrected chi connectivity index (χ2v) is 9.95. The average Bonchev–Trinajstić information content (AvgIpc) is 3.01. The number of amides is 1. The molecule has 10 heteroatoms. The summed E-state index contributed by atoms with van der Waals surface area (Å²) in [5, 5.41) is 7.14. The lowest BCUT2D eigenvalue weighted by Crippen LogP contribution is -2.36. The molecule has 1 aliphatic rings. The maximum atomic E-state index is 13.0. The van der Waals surface area contributed by atoms with E-state index in [0.29, 0.717) is 13.1 Å². The molecule has 2 aromatic rings. The summed E-state index contributed by atoms with van der Waals surface area (Å²) < 4.78 is 29.2. The van der Waals surface area contributed by atoms with Gasteiger partial charge in [0.2, 0.25) is 10.0 Å². The highest BCUT2D eigenvalue weighted by atomic mass is 35.5. The second-order valence-electron chi connectivity index (χ2n) is 7.23. The lowest BCUT2D eigenvalue weighted by Gasteiger charge is -2.26. The molecular formula is C19H24Cl2N4O3S. The monoisotopic (exact) mass is 458 g/mol. The van der Waals surface area contributed by atoms with Crippen LogP contribution in [0.1, 0.15) is 53.8 Å². The molecule has 1 atom stereocenters. The number of rotatable bonds is 5. The van der Waals surface area contributed by atoms with Crippen molar-refractivity contribution in [2.24, 2.45) is 7.05 Å². The molecule has 1 fully saturated rings. The van der Waals surface area contributed by atoms with Crippen molar-refractivity contribution in [2.45, 2.75) is 44.0 Å². The van der Waals surface area contributed by atoms with Gasteiger partial charge in [0.1, 0.15) is 4.90 Å². The third-order valence-corrected chi connectivity index (χ3v) is 7.96. The first-order chi connectivity index (χ1) is 13.6. The van der Waals surface area contributed by atoms with Crippen LogP contribution in [0.3, 0.4) is 0 Å². The van der Waals surface area contributed by atoms with Gasteiger partial charge in [0.05, 0.1) is 27.8 Å². The summed E-state index contributed by atoms with van der Waals surface area (Å²) in [5.74, 6) is -0.475. The first-order valence-electron chi connectivity index (χ1n) is 9.41. The smallest absolute Gasteiger partial charge is 0.253 e. The van der Waals surface area contributed by atoms with Crippen molar-refractivity contribution in [3.8, 4) is 0 Å². The van der Waals surface area contributed by atoms with Gasteiger partial charge in [-0.25, -0.2) is 8.42 Å². The number of carbonyl (C=O) groups excluding carboxylic acids is 1. The van der Waals surface area contributed by atoms with E-state index in [1.165, 1.54) is 16.4 Å². The number of aromatic nitrogens is 2. The molecule has 3 rings (SSSR count). The zero-order chi connectivity index (χ0) is 21.3. The molecule has 1 unspecified atom stereocenters. The molecule has 0 spiro atoms. The Morgan fingerprint density at radius 2 is 1.83 bits per heavy atom. The summed E-state index contributed by atoms with van der Waals surface area (Å²) >= 11 is 12.4. The number of piperidine rings is 1. The standard InChI is InChI=1S/C19H24Cl2N4O3S/c1-12(15-11-22-24(3)13(15)2)23-19(26)14-9-18(17(21)10-16(14)20)29(27,28)25-7-5-4-6-8-25/h9-12H,4-8H2,1-3H3,(H,23,26). The lowest BCUT2D eigenvalue weighted by molar-refractivity contribution is 0.0939. The van der Waals surface area contributed by atoms with Gasteiger partial charge in [-0.1, -0.05) is 29.6 Å². The molecule has 1 aliphatic heterocycles. The summed E-state index contributed by atoms with van der Waals surface area (Å²) in [6.45, 7) is 4.63. The predicted molar refractivity (Wildman–Crippen MR) is 113 cm³/mol. The van der Waals surface area contributed by atoms with E-state index in [9.17, 15) is 13.2 Å². The zero-order valence-corrected chi connectivity index (χ0v) is 18.9. The van der Waals surface area contributed by atoms with Crippen molar-refractivity contribution in [1.29, 1.82) is 0 Å². The summed E-state index contributed by atoms with van der Waals surface area (Å²) in [6, 6.07) is 2.26. The van der Waals surface area contributed by atoms with Gasteiger partial charge in [-0.15, -0.1) is 0 Å². The van der Waals surface area contributed by atoms with Gasteiger partial charge < -0.3 is 5.32 Å². The fourth-order valence-electron chi connectivity index (χ4n) is 3.44. The van der Waals surface area contributed by atoms with E-state index in [0.717, 1.165) is 30.5 Å². The number of benzene rings is 1. The molecule has 29 heavy (non-hydrogen) atoms. The Kier molecular flexibility index (Phi) is 6.57. The molecule has 0 saturated carbocycles. The SMILES string of the molecule is Cc1c(C(C)NC(=O)c2cc(S(=O)(=O)N3CCCCC3)c(Cl)cc2Cl)cnn1C. The minimum atomic E-state index is -3.80. The average molecular weight is 459 g/mol. The highest BCUT2D eigenvalue weighted by Gasteiger charge is 2.30. The molecule has 0 radical (unpaired) electrons. The number of aryl methyl sites for hydroxylation is 1. The first-order valence-corrected chi connectivity index (χ1v) is 11.6.